The zero-order valence-electron chi connectivity index (χ0n) is 14.4. The molecule has 130 valence electrons. The van der Waals surface area contributed by atoms with Crippen molar-refractivity contribution in [1.82, 2.24) is 9.97 Å². The molecule has 1 aliphatic heterocycles. The van der Waals surface area contributed by atoms with Crippen molar-refractivity contribution >= 4 is 29.3 Å². The first kappa shape index (κ1) is 16.4. The van der Waals surface area contributed by atoms with Crippen LogP contribution in [0.4, 0.5) is 11.6 Å². The minimum Gasteiger partial charge on any atom is -0.367 e. The summed E-state index contributed by atoms with van der Waals surface area (Å²) in [6, 6.07) is 10.6. The lowest BCUT2D eigenvalue weighted by molar-refractivity contribution is -0.117. The number of rotatable bonds is 7. The summed E-state index contributed by atoms with van der Waals surface area (Å²) in [5.41, 5.74) is 2.07. The second-order valence-corrected chi connectivity index (χ2v) is 7.63. The molecule has 2 aromatic rings. The summed E-state index contributed by atoms with van der Waals surface area (Å²) < 4.78 is 0. The molecule has 1 aromatic carbocycles. The highest BCUT2D eigenvalue weighted by molar-refractivity contribution is 7.99. The maximum atomic E-state index is 12.6. The molecule has 1 aliphatic carbocycles. The largest absolute Gasteiger partial charge is 0.367 e. The number of fused-ring (bicyclic) bond motifs is 1. The lowest BCUT2D eigenvalue weighted by Crippen LogP contribution is -2.26. The van der Waals surface area contributed by atoms with Crippen LogP contribution in [0.3, 0.4) is 0 Å². The second kappa shape index (κ2) is 7.04. The van der Waals surface area contributed by atoms with E-state index in [1.807, 2.05) is 30.3 Å². The van der Waals surface area contributed by atoms with Crippen LogP contribution in [0.1, 0.15) is 37.3 Å². The molecule has 5 nitrogen and oxygen atoms in total. The number of carbonyl (C=O) groups excluding carboxylic acids is 1. The van der Waals surface area contributed by atoms with Gasteiger partial charge in [-0.05, 0) is 24.8 Å². The van der Waals surface area contributed by atoms with Gasteiger partial charge in [-0.15, -0.1) is 0 Å². The Labute approximate surface area is 152 Å². The first-order valence-corrected chi connectivity index (χ1v) is 9.87. The van der Waals surface area contributed by atoms with Crippen LogP contribution < -0.4 is 10.2 Å². The van der Waals surface area contributed by atoms with Crippen LogP contribution >= 0.6 is 11.8 Å². The minimum absolute atomic E-state index is 0.102. The minimum atomic E-state index is 0.102. The van der Waals surface area contributed by atoms with Gasteiger partial charge in [-0.1, -0.05) is 49.0 Å². The van der Waals surface area contributed by atoms with Gasteiger partial charge in [-0.3, -0.25) is 9.69 Å². The maximum absolute atomic E-state index is 12.6. The summed E-state index contributed by atoms with van der Waals surface area (Å²) in [6.07, 6.45) is 3.81. The van der Waals surface area contributed by atoms with Crippen LogP contribution in [0.25, 0.3) is 0 Å². The van der Waals surface area contributed by atoms with Crippen molar-refractivity contribution in [2.75, 3.05) is 16.0 Å². The van der Waals surface area contributed by atoms with E-state index < -0.39 is 0 Å². The van der Waals surface area contributed by atoms with Crippen LogP contribution in [-0.2, 0) is 17.8 Å². The summed E-state index contributed by atoms with van der Waals surface area (Å²) in [7, 11) is 0. The Hall–Kier alpha value is -2.08. The predicted octanol–water partition coefficient (Wildman–Crippen LogP) is 3.64. The lowest BCUT2D eigenvalue weighted by atomic mass is 10.2. The van der Waals surface area contributed by atoms with Gasteiger partial charge in [0.05, 0.1) is 13.0 Å². The van der Waals surface area contributed by atoms with Crippen molar-refractivity contribution in [3.63, 3.8) is 0 Å². The van der Waals surface area contributed by atoms with Gasteiger partial charge in [0.1, 0.15) is 11.6 Å². The molecule has 4 rings (SSSR count). The van der Waals surface area contributed by atoms with Crippen molar-refractivity contribution in [3.05, 3.63) is 41.5 Å². The van der Waals surface area contributed by atoms with Crippen molar-refractivity contribution in [2.45, 2.75) is 50.4 Å². The molecule has 1 saturated carbocycles. The summed E-state index contributed by atoms with van der Waals surface area (Å²) in [4.78, 5) is 23.9. The topological polar surface area (TPSA) is 58.1 Å². The average molecular weight is 354 g/mol. The summed E-state index contributed by atoms with van der Waals surface area (Å²) in [5.74, 6) is 2.72. The van der Waals surface area contributed by atoms with Crippen molar-refractivity contribution in [2.24, 2.45) is 0 Å². The van der Waals surface area contributed by atoms with Crippen LogP contribution in [0, 0.1) is 0 Å². The molecule has 0 atom stereocenters. The number of carbonyl (C=O) groups is 1. The summed E-state index contributed by atoms with van der Waals surface area (Å²) in [5, 5.41) is 4.26. The number of anilines is 2. The maximum Gasteiger partial charge on any atom is 0.233 e. The molecule has 0 spiro atoms. The third-order valence-corrected chi connectivity index (χ3v) is 5.44. The van der Waals surface area contributed by atoms with E-state index in [-0.39, 0.29) is 5.91 Å². The molecule has 1 aromatic heterocycles. The normalized spacial score (nSPS) is 16.2. The van der Waals surface area contributed by atoms with Crippen molar-refractivity contribution < 1.29 is 4.79 Å². The molecule has 1 amide bonds. The highest BCUT2D eigenvalue weighted by Crippen LogP contribution is 2.37. The standard InChI is InChI=1S/C19H22N4OS/c1-2-10-25-19-21-17(20-14-8-9-14)15-11-16(24)23(18(15)22-19)12-13-6-4-3-5-7-13/h3-7,14H,2,8-12H2,1H3,(H,20,21,22). The number of nitrogens with zero attached hydrogens (tertiary/aromatic N) is 3. The molecule has 6 heteroatoms. The Balaban J connectivity index is 1.67. The fourth-order valence-electron chi connectivity index (χ4n) is 2.93. The predicted molar refractivity (Wildman–Crippen MR) is 101 cm³/mol. The molecule has 1 fully saturated rings. The van der Waals surface area contributed by atoms with E-state index in [1.165, 1.54) is 12.8 Å². The molecule has 2 aliphatic rings. The summed E-state index contributed by atoms with van der Waals surface area (Å²) >= 11 is 1.66. The van der Waals surface area contributed by atoms with Crippen LogP contribution in [0.5, 0.6) is 0 Å². The van der Waals surface area contributed by atoms with E-state index in [1.54, 1.807) is 16.7 Å². The van der Waals surface area contributed by atoms with Gasteiger partial charge >= 0.3 is 0 Å². The molecule has 0 bridgehead atoms. The van der Waals surface area contributed by atoms with Crippen LogP contribution in [0.15, 0.2) is 35.5 Å². The highest BCUT2D eigenvalue weighted by atomic mass is 32.2. The molecular weight excluding hydrogens is 332 g/mol. The zero-order chi connectivity index (χ0) is 17.2. The Morgan fingerprint density at radius 1 is 1.24 bits per heavy atom. The first-order valence-electron chi connectivity index (χ1n) is 8.89. The third kappa shape index (κ3) is 3.63. The van der Waals surface area contributed by atoms with Crippen molar-refractivity contribution in [1.29, 1.82) is 0 Å². The van der Waals surface area contributed by atoms with E-state index in [2.05, 4.69) is 12.2 Å². The second-order valence-electron chi connectivity index (χ2n) is 6.57. The lowest BCUT2D eigenvalue weighted by Gasteiger charge is -2.18. The molecular formula is C19H22N4OS. The quantitative estimate of drug-likeness (QED) is 0.608. The third-order valence-electron chi connectivity index (χ3n) is 4.39. The van der Waals surface area contributed by atoms with E-state index in [0.717, 1.165) is 40.1 Å². The SMILES string of the molecule is CCCSc1nc(NC2CC2)c2c(n1)N(Cc1ccccc1)C(=O)C2. The Morgan fingerprint density at radius 2 is 2.04 bits per heavy atom. The van der Waals surface area contributed by atoms with Gasteiger partial charge in [0.25, 0.3) is 0 Å². The molecule has 0 unspecified atom stereocenters. The van der Waals surface area contributed by atoms with E-state index in [0.29, 0.717) is 19.0 Å². The number of benzene rings is 1. The molecule has 0 radical (unpaired) electrons. The number of aromatic nitrogens is 2. The van der Waals surface area contributed by atoms with Crippen LogP contribution in [-0.4, -0.2) is 27.7 Å². The van der Waals surface area contributed by atoms with Gasteiger partial charge in [0.15, 0.2) is 5.16 Å². The zero-order valence-corrected chi connectivity index (χ0v) is 15.2. The highest BCUT2D eigenvalue weighted by Gasteiger charge is 2.34. The first-order chi connectivity index (χ1) is 12.2. The number of hydrogen-bond donors (Lipinski definition) is 1. The Morgan fingerprint density at radius 3 is 2.76 bits per heavy atom. The van der Waals surface area contributed by atoms with Gasteiger partial charge in [-0.2, -0.15) is 0 Å². The summed E-state index contributed by atoms with van der Waals surface area (Å²) in [6.45, 7) is 2.71. The van der Waals surface area contributed by atoms with Crippen molar-refractivity contribution in [3.8, 4) is 0 Å². The van der Waals surface area contributed by atoms with Gasteiger partial charge in [0, 0.05) is 17.4 Å². The van der Waals surface area contributed by atoms with E-state index in [4.69, 9.17) is 9.97 Å². The monoisotopic (exact) mass is 354 g/mol. The Kier molecular flexibility index (Phi) is 4.61. The smallest absolute Gasteiger partial charge is 0.233 e. The van der Waals surface area contributed by atoms with Gasteiger partial charge < -0.3 is 5.32 Å². The molecule has 25 heavy (non-hydrogen) atoms. The fourth-order valence-corrected chi connectivity index (χ4v) is 3.62. The average Bonchev–Trinajstić information content (AvgIpc) is 3.39. The Bertz CT molecular complexity index is 776. The van der Waals surface area contributed by atoms with E-state index >= 15 is 0 Å². The number of thioether (sulfide) groups is 1. The molecule has 2 heterocycles. The fraction of sp³-hybridized carbons (Fsp3) is 0.421. The number of amides is 1. The number of nitrogens with one attached hydrogen (secondary N) is 1. The van der Waals surface area contributed by atoms with Crippen LogP contribution in [0.2, 0.25) is 0 Å². The van der Waals surface area contributed by atoms with E-state index in [9.17, 15) is 4.79 Å². The van der Waals surface area contributed by atoms with Gasteiger partial charge in [-0.25, -0.2) is 9.97 Å². The molecule has 1 N–H and O–H groups in total. The molecule has 0 saturated heterocycles. The number of hydrogen-bond acceptors (Lipinski definition) is 5. The van der Waals surface area contributed by atoms with Gasteiger partial charge in [0.2, 0.25) is 5.91 Å².